The number of hydrogen-bond donors (Lipinski definition) is 0. The summed E-state index contributed by atoms with van der Waals surface area (Å²) in [4.78, 5) is 1.97. The van der Waals surface area contributed by atoms with Crippen molar-refractivity contribution < 1.29 is 25.6 Å². The van der Waals surface area contributed by atoms with E-state index in [0.29, 0.717) is 9.13 Å². The Labute approximate surface area is 75.1 Å². The topological polar surface area (TPSA) is 23.8 Å². The summed E-state index contributed by atoms with van der Waals surface area (Å²) in [6.45, 7) is 0. The number of rotatable bonds is 1. The summed E-state index contributed by atoms with van der Waals surface area (Å²) in [6, 6.07) is 6.46. The Morgan fingerprint density at radius 2 is 2.27 bits per heavy atom. The third kappa shape index (κ3) is 1.90. The van der Waals surface area contributed by atoms with Gasteiger partial charge < -0.3 is 0 Å². The Balaban J connectivity index is 3.15. The molecule has 1 rings (SSSR count). The molecule has 3 heteroatoms. The van der Waals surface area contributed by atoms with Crippen LogP contribution in [0.4, 0.5) is 4.39 Å². The number of hydrogen-bond acceptors (Lipinski definition) is 1. The van der Waals surface area contributed by atoms with Gasteiger partial charge >= 0.3 is 75.0 Å². The van der Waals surface area contributed by atoms with Crippen LogP contribution in [0.2, 0.25) is 0 Å². The first-order chi connectivity index (χ1) is 5.27. The fourth-order valence-corrected chi connectivity index (χ4v) is 2.05. The molecule has 1 aromatic carbocycles. The van der Waals surface area contributed by atoms with Crippen LogP contribution in [-0.4, -0.2) is 4.93 Å². The van der Waals surface area contributed by atoms with Gasteiger partial charge in [0.1, 0.15) is 0 Å². The van der Waals surface area contributed by atoms with Crippen LogP contribution in [-0.2, 0) is 0 Å². The molecule has 0 aliphatic carbocycles. The van der Waals surface area contributed by atoms with E-state index in [2.05, 4.69) is 0 Å². The van der Waals surface area contributed by atoms with Crippen LogP contribution < -0.4 is 21.2 Å². The van der Waals surface area contributed by atoms with Crippen LogP contribution >= 0.6 is 0 Å². The van der Waals surface area contributed by atoms with Crippen LogP contribution in [0.5, 0.6) is 0 Å². The molecule has 0 bridgehead atoms. The Kier molecular flexibility index (Phi) is 2.83. The van der Waals surface area contributed by atoms with Gasteiger partial charge in [-0.2, -0.15) is 0 Å². The Morgan fingerprint density at radius 1 is 1.55 bits per heavy atom. The molecule has 0 aromatic heterocycles. The maximum absolute atomic E-state index is 12.8. The van der Waals surface area contributed by atoms with Crippen molar-refractivity contribution in [3.05, 3.63) is 33.1 Å². The molecular formula is C8H6FIN-. The first-order valence-corrected chi connectivity index (χ1v) is 6.20. The summed E-state index contributed by atoms with van der Waals surface area (Å²) >= 11 is -0.261. The van der Waals surface area contributed by atoms with Gasteiger partial charge in [-0.25, -0.2) is 0 Å². The van der Waals surface area contributed by atoms with E-state index in [1.807, 2.05) is 11.0 Å². The molecule has 0 atom stereocenters. The predicted octanol–water partition coefficient (Wildman–Crippen LogP) is -1.41. The molecule has 0 spiro atoms. The normalized spacial score (nSPS) is 9.55. The van der Waals surface area contributed by atoms with Gasteiger partial charge in [0, 0.05) is 0 Å². The SMILES string of the molecule is C[I-]c1cc(C#N)ccc1F. The fraction of sp³-hybridized carbons (Fsp3) is 0.125. The molecule has 1 aromatic rings. The third-order valence-corrected chi connectivity index (χ3v) is 3.24. The van der Waals surface area contributed by atoms with E-state index in [-0.39, 0.29) is 27.0 Å². The van der Waals surface area contributed by atoms with Gasteiger partial charge in [-0.05, 0) is 0 Å². The third-order valence-electron chi connectivity index (χ3n) is 1.25. The Hall–Kier alpha value is -0.630. The van der Waals surface area contributed by atoms with Gasteiger partial charge in [-0.3, -0.25) is 0 Å². The zero-order valence-corrected chi connectivity index (χ0v) is 8.09. The molecule has 0 heterocycles. The molecule has 0 fully saturated rings. The van der Waals surface area contributed by atoms with Crippen molar-refractivity contribution in [2.45, 2.75) is 0 Å². The molecule has 1 nitrogen and oxygen atoms in total. The Bertz CT molecular complexity index is 303. The fourth-order valence-electron chi connectivity index (χ4n) is 0.711. The number of nitrogens with zero attached hydrogens (tertiary/aromatic N) is 1. The van der Waals surface area contributed by atoms with E-state index in [9.17, 15) is 4.39 Å². The second-order valence-corrected chi connectivity index (χ2v) is 4.17. The van der Waals surface area contributed by atoms with Crippen molar-refractivity contribution >= 4 is 0 Å². The van der Waals surface area contributed by atoms with Crippen molar-refractivity contribution in [3.8, 4) is 6.07 Å². The van der Waals surface area contributed by atoms with Crippen molar-refractivity contribution in [2.24, 2.45) is 0 Å². The van der Waals surface area contributed by atoms with Crippen molar-refractivity contribution in [1.82, 2.24) is 0 Å². The molecule has 0 radical (unpaired) electrons. The zero-order chi connectivity index (χ0) is 8.27. The number of nitriles is 1. The molecule has 11 heavy (non-hydrogen) atoms. The minimum atomic E-state index is -0.261. The van der Waals surface area contributed by atoms with E-state index in [1.165, 1.54) is 12.1 Å². The van der Waals surface area contributed by atoms with Gasteiger partial charge in [-0.15, -0.1) is 0 Å². The van der Waals surface area contributed by atoms with E-state index < -0.39 is 0 Å². The van der Waals surface area contributed by atoms with Crippen LogP contribution in [0.3, 0.4) is 0 Å². The van der Waals surface area contributed by atoms with Crippen LogP contribution in [0.25, 0.3) is 0 Å². The predicted molar refractivity (Wildman–Crippen MR) is 35.7 cm³/mol. The molecule has 0 amide bonds. The summed E-state index contributed by atoms with van der Waals surface area (Å²) in [6.07, 6.45) is 0. The molecule has 0 aliphatic rings. The van der Waals surface area contributed by atoms with Crippen molar-refractivity contribution in [3.63, 3.8) is 0 Å². The minimum absolute atomic E-state index is 0.181. The second-order valence-electron chi connectivity index (χ2n) is 1.93. The molecular weight excluding hydrogens is 256 g/mol. The number of halogens is 2. The first kappa shape index (κ1) is 8.47. The maximum atomic E-state index is 12.8. The first-order valence-electron chi connectivity index (χ1n) is 2.97. The van der Waals surface area contributed by atoms with Crippen LogP contribution in [0, 0.1) is 20.7 Å². The molecule has 58 valence electrons. The molecule has 0 N–H and O–H groups in total. The summed E-state index contributed by atoms with van der Waals surface area (Å²) in [5.41, 5.74) is 0.544. The summed E-state index contributed by atoms with van der Waals surface area (Å²) < 4.78 is 13.5. The van der Waals surface area contributed by atoms with E-state index in [0.717, 1.165) is 0 Å². The van der Waals surface area contributed by atoms with Gasteiger partial charge in [0.2, 0.25) is 0 Å². The molecule has 0 saturated carbocycles. The summed E-state index contributed by atoms with van der Waals surface area (Å²) in [5, 5.41) is 8.49. The van der Waals surface area contributed by atoms with Gasteiger partial charge in [0.25, 0.3) is 0 Å². The summed E-state index contributed by atoms with van der Waals surface area (Å²) in [5.74, 6) is -0.181. The van der Waals surface area contributed by atoms with E-state index in [4.69, 9.17) is 5.26 Å². The van der Waals surface area contributed by atoms with Crippen LogP contribution in [0.15, 0.2) is 18.2 Å². The Morgan fingerprint density at radius 3 is 2.82 bits per heavy atom. The van der Waals surface area contributed by atoms with Crippen molar-refractivity contribution in [2.75, 3.05) is 4.93 Å². The van der Waals surface area contributed by atoms with Crippen molar-refractivity contribution in [1.29, 1.82) is 5.26 Å². The average molecular weight is 262 g/mol. The second kappa shape index (κ2) is 3.67. The molecule has 0 saturated heterocycles. The zero-order valence-electron chi connectivity index (χ0n) is 5.94. The monoisotopic (exact) mass is 262 g/mol. The number of benzene rings is 1. The molecule has 0 unspecified atom stereocenters. The molecule has 0 aliphatic heterocycles. The average Bonchev–Trinajstić information content (AvgIpc) is 2.05. The van der Waals surface area contributed by atoms with Crippen LogP contribution in [0.1, 0.15) is 5.56 Å². The van der Waals surface area contributed by atoms with E-state index >= 15 is 0 Å². The number of alkyl halides is 1. The standard InChI is InChI=1S/C8H6FIN/c1-10-8-4-6(5-11)2-3-7(8)9/h2-4H,1H3/q-1. The van der Waals surface area contributed by atoms with Gasteiger partial charge in [-0.1, -0.05) is 0 Å². The van der Waals surface area contributed by atoms with Gasteiger partial charge in [0.15, 0.2) is 0 Å². The van der Waals surface area contributed by atoms with Gasteiger partial charge in [0.05, 0.1) is 0 Å². The summed E-state index contributed by atoms with van der Waals surface area (Å²) in [7, 11) is 0. The van der Waals surface area contributed by atoms with E-state index in [1.54, 1.807) is 6.07 Å². The quantitative estimate of drug-likeness (QED) is 0.450.